The average Bonchev–Trinajstić information content (AvgIpc) is 2.32. The standard InChI is InChI=1S/C9H13N4O6P/c1-5-8(14)7(3-12-13-9(10)15)6(2-11-5)4-19-20(16,17)18/h2-3,14H,4H2,1H3,(H3,10,13,15)(H2,16,17,18)/b12-3+. The summed E-state index contributed by atoms with van der Waals surface area (Å²) in [4.78, 5) is 31.6. The minimum atomic E-state index is -4.66. The lowest BCUT2D eigenvalue weighted by atomic mass is 10.1. The van der Waals surface area contributed by atoms with Gasteiger partial charge in [-0.2, -0.15) is 5.10 Å². The molecule has 0 radical (unpaired) electrons. The van der Waals surface area contributed by atoms with Crippen LogP contribution in [-0.4, -0.2) is 32.1 Å². The summed E-state index contributed by atoms with van der Waals surface area (Å²) in [6.45, 7) is 1.02. The Labute approximate surface area is 113 Å². The van der Waals surface area contributed by atoms with Crippen LogP contribution >= 0.6 is 7.82 Å². The van der Waals surface area contributed by atoms with Crippen LogP contribution in [-0.2, 0) is 15.7 Å². The Hall–Kier alpha value is -2.00. The van der Waals surface area contributed by atoms with Gasteiger partial charge in [-0.3, -0.25) is 9.51 Å². The van der Waals surface area contributed by atoms with Gasteiger partial charge in [0.15, 0.2) is 0 Å². The molecule has 0 saturated carbocycles. The first-order valence-corrected chi connectivity index (χ1v) is 6.70. The number of nitrogens with one attached hydrogen (secondary N) is 1. The molecule has 1 aromatic rings. The Bertz CT molecular complexity index is 584. The Kier molecular flexibility index (Phi) is 5.17. The number of nitrogens with zero attached hydrogens (tertiary/aromatic N) is 2. The van der Waals surface area contributed by atoms with Crippen molar-refractivity contribution in [2.75, 3.05) is 0 Å². The van der Waals surface area contributed by atoms with Crippen LogP contribution in [0.5, 0.6) is 5.75 Å². The first-order chi connectivity index (χ1) is 9.20. The number of hydrazone groups is 1. The molecule has 1 aromatic heterocycles. The quantitative estimate of drug-likeness (QED) is 0.283. The fraction of sp³-hybridized carbons (Fsp3) is 0.222. The molecule has 10 nitrogen and oxygen atoms in total. The van der Waals surface area contributed by atoms with Gasteiger partial charge in [0.1, 0.15) is 5.75 Å². The molecule has 0 aliphatic carbocycles. The van der Waals surface area contributed by atoms with Crippen LogP contribution in [0, 0.1) is 6.92 Å². The van der Waals surface area contributed by atoms with Crippen molar-refractivity contribution in [1.82, 2.24) is 10.4 Å². The van der Waals surface area contributed by atoms with E-state index in [0.29, 0.717) is 0 Å². The van der Waals surface area contributed by atoms with Crippen molar-refractivity contribution in [2.24, 2.45) is 10.8 Å². The van der Waals surface area contributed by atoms with E-state index in [0.717, 1.165) is 6.21 Å². The molecule has 0 unspecified atom stereocenters. The van der Waals surface area contributed by atoms with Crippen molar-refractivity contribution in [1.29, 1.82) is 0 Å². The number of carbonyl (C=O) groups excluding carboxylic acids is 1. The topological polar surface area (TPSA) is 167 Å². The zero-order chi connectivity index (χ0) is 15.3. The third-order valence-electron chi connectivity index (χ3n) is 2.11. The van der Waals surface area contributed by atoms with Crippen LogP contribution in [0.2, 0.25) is 0 Å². The molecular formula is C9H13N4O6P. The minimum absolute atomic E-state index is 0.0969. The summed E-state index contributed by atoms with van der Waals surface area (Å²) >= 11 is 0. The van der Waals surface area contributed by atoms with E-state index in [1.807, 2.05) is 5.43 Å². The Morgan fingerprint density at radius 2 is 2.30 bits per heavy atom. The Morgan fingerprint density at radius 1 is 1.65 bits per heavy atom. The molecule has 11 heteroatoms. The van der Waals surface area contributed by atoms with E-state index >= 15 is 0 Å². The molecule has 0 fully saturated rings. The molecule has 110 valence electrons. The lowest BCUT2D eigenvalue weighted by molar-refractivity contribution is 0.188. The predicted octanol–water partition coefficient (Wildman–Crippen LogP) is -0.293. The third kappa shape index (κ3) is 4.94. The first kappa shape index (κ1) is 16.1. The largest absolute Gasteiger partial charge is 0.505 e. The Morgan fingerprint density at radius 3 is 2.85 bits per heavy atom. The molecule has 0 aliphatic heterocycles. The van der Waals surface area contributed by atoms with Gasteiger partial charge in [-0.25, -0.2) is 14.8 Å². The van der Waals surface area contributed by atoms with Gasteiger partial charge in [0, 0.05) is 17.3 Å². The first-order valence-electron chi connectivity index (χ1n) is 5.16. The SMILES string of the molecule is Cc1ncc(COP(=O)(O)O)c(/C=N/NC(N)=O)c1O. The molecule has 20 heavy (non-hydrogen) atoms. The van der Waals surface area contributed by atoms with E-state index in [2.05, 4.69) is 14.6 Å². The number of aromatic hydroxyl groups is 1. The zero-order valence-electron chi connectivity index (χ0n) is 10.3. The molecule has 0 aliphatic rings. The lowest BCUT2D eigenvalue weighted by Crippen LogP contribution is -2.24. The van der Waals surface area contributed by atoms with E-state index in [4.69, 9.17) is 15.5 Å². The molecule has 6 N–H and O–H groups in total. The zero-order valence-corrected chi connectivity index (χ0v) is 11.2. The second kappa shape index (κ2) is 6.44. The van der Waals surface area contributed by atoms with E-state index in [1.54, 1.807) is 0 Å². The van der Waals surface area contributed by atoms with Crippen molar-refractivity contribution in [3.8, 4) is 5.75 Å². The van der Waals surface area contributed by atoms with Crippen LogP contribution in [0.3, 0.4) is 0 Å². The number of primary amides is 1. The second-order valence-corrected chi connectivity index (χ2v) is 4.87. The van der Waals surface area contributed by atoms with Crippen LogP contribution in [0.1, 0.15) is 16.8 Å². The average molecular weight is 304 g/mol. The van der Waals surface area contributed by atoms with Gasteiger partial charge >= 0.3 is 13.9 Å². The maximum Gasteiger partial charge on any atom is 0.469 e. The van der Waals surface area contributed by atoms with Crippen LogP contribution in [0.15, 0.2) is 11.3 Å². The number of amides is 2. The van der Waals surface area contributed by atoms with Crippen molar-refractivity contribution in [3.05, 3.63) is 23.0 Å². The molecule has 0 bridgehead atoms. The number of aromatic nitrogens is 1. The van der Waals surface area contributed by atoms with Crippen molar-refractivity contribution in [2.45, 2.75) is 13.5 Å². The second-order valence-electron chi connectivity index (χ2n) is 3.63. The highest BCUT2D eigenvalue weighted by Gasteiger charge is 2.17. The highest BCUT2D eigenvalue weighted by Crippen LogP contribution is 2.37. The highest BCUT2D eigenvalue weighted by molar-refractivity contribution is 7.46. The number of hydrogen-bond donors (Lipinski definition) is 5. The maximum atomic E-state index is 10.7. The number of urea groups is 1. The van der Waals surface area contributed by atoms with Crippen LogP contribution in [0.4, 0.5) is 4.79 Å². The van der Waals surface area contributed by atoms with Gasteiger partial charge in [-0.15, -0.1) is 0 Å². The van der Waals surface area contributed by atoms with Gasteiger partial charge in [-0.05, 0) is 6.92 Å². The molecule has 0 spiro atoms. The molecule has 1 heterocycles. The fourth-order valence-corrected chi connectivity index (χ4v) is 1.53. The molecule has 0 atom stereocenters. The van der Waals surface area contributed by atoms with E-state index in [1.165, 1.54) is 13.1 Å². The number of phosphoric ester groups is 1. The van der Waals surface area contributed by atoms with E-state index in [-0.39, 0.29) is 22.6 Å². The maximum absolute atomic E-state index is 10.7. The Balaban J connectivity index is 3.04. The summed E-state index contributed by atoms with van der Waals surface area (Å²) in [5, 5.41) is 13.3. The van der Waals surface area contributed by atoms with Gasteiger partial charge < -0.3 is 20.6 Å². The predicted molar refractivity (Wildman–Crippen MR) is 67.8 cm³/mol. The number of rotatable bonds is 5. The number of hydrogen-bond acceptors (Lipinski definition) is 6. The summed E-state index contributed by atoms with van der Waals surface area (Å²) in [5.41, 5.74) is 7.27. The number of pyridine rings is 1. The van der Waals surface area contributed by atoms with Crippen LogP contribution in [0.25, 0.3) is 0 Å². The molecule has 0 saturated heterocycles. The number of phosphoric acid groups is 1. The highest BCUT2D eigenvalue weighted by atomic mass is 31.2. The van der Waals surface area contributed by atoms with Crippen molar-refractivity contribution < 1.29 is 28.8 Å². The van der Waals surface area contributed by atoms with Gasteiger partial charge in [-0.1, -0.05) is 0 Å². The number of carbonyl (C=O) groups is 1. The fourth-order valence-electron chi connectivity index (χ4n) is 1.23. The third-order valence-corrected chi connectivity index (χ3v) is 2.58. The number of nitrogens with two attached hydrogens (primary N) is 1. The summed E-state index contributed by atoms with van der Waals surface area (Å²) < 4.78 is 15.0. The smallest absolute Gasteiger partial charge is 0.469 e. The molecular weight excluding hydrogens is 291 g/mol. The summed E-state index contributed by atoms with van der Waals surface area (Å²) in [6.07, 6.45) is 2.32. The van der Waals surface area contributed by atoms with Gasteiger partial charge in [0.05, 0.1) is 18.5 Å². The monoisotopic (exact) mass is 304 g/mol. The molecule has 0 aromatic carbocycles. The van der Waals surface area contributed by atoms with Crippen molar-refractivity contribution >= 4 is 20.1 Å². The minimum Gasteiger partial charge on any atom is -0.505 e. The molecule has 2 amide bonds. The summed E-state index contributed by atoms with van der Waals surface area (Å²) in [5.74, 6) is -0.258. The van der Waals surface area contributed by atoms with E-state index < -0.39 is 20.5 Å². The van der Waals surface area contributed by atoms with Crippen molar-refractivity contribution in [3.63, 3.8) is 0 Å². The lowest BCUT2D eigenvalue weighted by Gasteiger charge is -2.10. The van der Waals surface area contributed by atoms with Gasteiger partial charge in [0.25, 0.3) is 0 Å². The van der Waals surface area contributed by atoms with E-state index in [9.17, 15) is 14.5 Å². The molecule has 1 rings (SSSR count). The summed E-state index contributed by atoms with van der Waals surface area (Å²) in [7, 11) is -4.66. The van der Waals surface area contributed by atoms with Gasteiger partial charge in [0.2, 0.25) is 0 Å². The van der Waals surface area contributed by atoms with Crippen LogP contribution < -0.4 is 11.2 Å². The normalized spacial score (nSPS) is 11.8. The summed E-state index contributed by atoms with van der Waals surface area (Å²) in [6, 6.07) is -0.903. The number of aryl methyl sites for hydroxylation is 1.